The van der Waals surface area contributed by atoms with Crippen LogP contribution in [0.2, 0.25) is 0 Å². The van der Waals surface area contributed by atoms with Crippen molar-refractivity contribution in [3.63, 3.8) is 0 Å². The summed E-state index contributed by atoms with van der Waals surface area (Å²) >= 11 is 0. The van der Waals surface area contributed by atoms with E-state index >= 15 is 0 Å². The number of likely N-dealkylation sites (tertiary alicyclic amines) is 1. The Morgan fingerprint density at radius 2 is 2.17 bits per heavy atom. The first kappa shape index (κ1) is 20.7. The molecule has 1 saturated heterocycles. The van der Waals surface area contributed by atoms with Crippen LogP contribution in [0.1, 0.15) is 32.3 Å². The number of carbonyl (C=O) groups is 1. The van der Waals surface area contributed by atoms with Crippen molar-refractivity contribution in [2.45, 2.75) is 45.4 Å². The van der Waals surface area contributed by atoms with Crippen molar-refractivity contribution in [3.8, 4) is 5.75 Å². The van der Waals surface area contributed by atoms with E-state index in [1.165, 1.54) is 0 Å². The molecule has 1 aromatic rings. The maximum Gasteiger partial charge on any atom is 0.251 e. The molecule has 1 amide bonds. The molecule has 0 aromatic heterocycles. The van der Waals surface area contributed by atoms with E-state index in [1.54, 1.807) is 7.11 Å². The van der Waals surface area contributed by atoms with Gasteiger partial charge in [0.2, 0.25) is 0 Å². The fourth-order valence-electron chi connectivity index (χ4n) is 2.95. The number of hydrogen-bond acceptors (Lipinski definition) is 4. The monoisotopic (exact) mass is 356 g/mol. The molecule has 24 heavy (non-hydrogen) atoms. The lowest BCUT2D eigenvalue weighted by atomic mass is 9.92. The van der Waals surface area contributed by atoms with Gasteiger partial charge in [-0.1, -0.05) is 12.1 Å². The van der Waals surface area contributed by atoms with Gasteiger partial charge >= 0.3 is 0 Å². The summed E-state index contributed by atoms with van der Waals surface area (Å²) in [5.41, 5.74) is 6.98. The van der Waals surface area contributed by atoms with Crippen LogP contribution in [0.15, 0.2) is 24.3 Å². The van der Waals surface area contributed by atoms with Crippen LogP contribution in [0.5, 0.6) is 5.75 Å². The highest BCUT2D eigenvalue weighted by Crippen LogP contribution is 2.20. The average molecular weight is 357 g/mol. The summed E-state index contributed by atoms with van der Waals surface area (Å²) in [6, 6.07) is 7.82. The molecule has 1 fully saturated rings. The lowest BCUT2D eigenvalue weighted by Crippen LogP contribution is -2.48. The van der Waals surface area contributed by atoms with Crippen LogP contribution < -0.4 is 10.5 Å². The highest BCUT2D eigenvalue weighted by molar-refractivity contribution is 5.85. The normalized spacial score (nSPS) is 20.0. The third-order valence-electron chi connectivity index (χ3n) is 4.50. The van der Waals surface area contributed by atoms with Crippen molar-refractivity contribution in [1.29, 1.82) is 0 Å². The first-order valence-electron chi connectivity index (χ1n) is 8.30. The molecule has 2 N–H and O–H groups in total. The highest BCUT2D eigenvalue weighted by atomic mass is 35.5. The van der Waals surface area contributed by atoms with Gasteiger partial charge in [0.15, 0.2) is 0 Å². The summed E-state index contributed by atoms with van der Waals surface area (Å²) < 4.78 is 11.0. The van der Waals surface area contributed by atoms with Gasteiger partial charge in [-0.05, 0) is 50.3 Å². The standard InChI is InChI=1S/C18H28N2O3.ClH/c1-13(19)16-7-5-9-20(11-16)18(21)14(2)23-12-15-6-4-8-17(10-15)22-3;/h4,6,8,10,13-14,16H,5,7,9,11-12,19H2,1-3H3;1H. The first-order valence-corrected chi connectivity index (χ1v) is 8.30. The third kappa shape index (κ3) is 5.65. The number of methoxy groups -OCH3 is 1. The van der Waals surface area contributed by atoms with Crippen molar-refractivity contribution in [1.82, 2.24) is 4.90 Å². The van der Waals surface area contributed by atoms with Gasteiger partial charge in [0.25, 0.3) is 5.91 Å². The number of hydrogen-bond donors (Lipinski definition) is 1. The minimum atomic E-state index is -0.451. The van der Waals surface area contributed by atoms with Gasteiger partial charge in [0.05, 0.1) is 13.7 Å². The van der Waals surface area contributed by atoms with E-state index in [-0.39, 0.29) is 24.4 Å². The Labute approximate surface area is 150 Å². The van der Waals surface area contributed by atoms with Crippen molar-refractivity contribution in [2.75, 3.05) is 20.2 Å². The summed E-state index contributed by atoms with van der Waals surface area (Å²) in [7, 11) is 1.64. The number of ether oxygens (including phenoxy) is 2. The zero-order chi connectivity index (χ0) is 16.8. The number of halogens is 1. The molecule has 0 spiro atoms. The number of nitrogens with zero attached hydrogens (tertiary/aromatic N) is 1. The molecule has 3 unspecified atom stereocenters. The van der Waals surface area contributed by atoms with Gasteiger partial charge in [-0.3, -0.25) is 4.79 Å². The zero-order valence-corrected chi connectivity index (χ0v) is 15.6. The summed E-state index contributed by atoms with van der Waals surface area (Å²) in [6.07, 6.45) is 1.66. The van der Waals surface area contributed by atoms with Gasteiger partial charge in [-0.15, -0.1) is 12.4 Å². The van der Waals surface area contributed by atoms with Crippen LogP contribution in [0, 0.1) is 5.92 Å². The fraction of sp³-hybridized carbons (Fsp3) is 0.611. The minimum absolute atomic E-state index is 0. The molecule has 0 aliphatic carbocycles. The van der Waals surface area contributed by atoms with E-state index in [4.69, 9.17) is 15.2 Å². The Balaban J connectivity index is 0.00000288. The van der Waals surface area contributed by atoms with Crippen LogP contribution in [0.3, 0.4) is 0 Å². The lowest BCUT2D eigenvalue weighted by molar-refractivity contribution is -0.145. The molecule has 1 aromatic carbocycles. The molecular formula is C18H29ClN2O3. The molecule has 1 aliphatic rings. The van der Waals surface area contributed by atoms with Gasteiger partial charge < -0.3 is 20.1 Å². The maximum atomic E-state index is 12.5. The number of benzene rings is 1. The number of nitrogens with two attached hydrogens (primary N) is 1. The first-order chi connectivity index (χ1) is 11.0. The van der Waals surface area contributed by atoms with Gasteiger partial charge in [0.1, 0.15) is 11.9 Å². The largest absolute Gasteiger partial charge is 0.497 e. The Morgan fingerprint density at radius 3 is 2.83 bits per heavy atom. The summed E-state index contributed by atoms with van der Waals surface area (Å²) in [5, 5.41) is 0. The molecule has 0 saturated carbocycles. The third-order valence-corrected chi connectivity index (χ3v) is 4.50. The smallest absolute Gasteiger partial charge is 0.251 e. The minimum Gasteiger partial charge on any atom is -0.497 e. The van der Waals surface area contributed by atoms with Crippen LogP contribution >= 0.6 is 12.4 Å². The van der Waals surface area contributed by atoms with Crippen molar-refractivity contribution in [2.24, 2.45) is 11.7 Å². The van der Waals surface area contributed by atoms with Crippen LogP contribution in [-0.2, 0) is 16.1 Å². The summed E-state index contributed by atoms with van der Waals surface area (Å²) in [5.74, 6) is 1.23. The second-order valence-corrected chi connectivity index (χ2v) is 6.35. The van der Waals surface area contributed by atoms with E-state index in [1.807, 2.05) is 43.0 Å². The van der Waals surface area contributed by atoms with E-state index in [9.17, 15) is 4.79 Å². The molecule has 3 atom stereocenters. The van der Waals surface area contributed by atoms with Crippen molar-refractivity contribution >= 4 is 18.3 Å². The second kappa shape index (κ2) is 9.87. The Kier molecular flexibility index (Phi) is 8.53. The zero-order valence-electron chi connectivity index (χ0n) is 14.7. The van der Waals surface area contributed by atoms with Crippen molar-refractivity contribution < 1.29 is 14.3 Å². The molecule has 0 radical (unpaired) electrons. The Bertz CT molecular complexity index is 525. The molecule has 6 heteroatoms. The summed E-state index contributed by atoms with van der Waals surface area (Å²) in [6.45, 7) is 5.77. The van der Waals surface area contributed by atoms with E-state index in [0.717, 1.165) is 37.2 Å². The number of rotatable bonds is 6. The predicted octanol–water partition coefficient (Wildman–Crippen LogP) is 2.61. The Hall–Kier alpha value is -1.30. The second-order valence-electron chi connectivity index (χ2n) is 6.35. The fourth-order valence-corrected chi connectivity index (χ4v) is 2.95. The summed E-state index contributed by atoms with van der Waals surface area (Å²) in [4.78, 5) is 14.4. The van der Waals surface area contributed by atoms with E-state index < -0.39 is 6.10 Å². The molecule has 2 rings (SSSR count). The van der Waals surface area contributed by atoms with Crippen LogP contribution in [-0.4, -0.2) is 43.2 Å². The number of piperidine rings is 1. The van der Waals surface area contributed by atoms with Gasteiger partial charge in [-0.2, -0.15) is 0 Å². The molecule has 0 bridgehead atoms. The topological polar surface area (TPSA) is 64.8 Å². The van der Waals surface area contributed by atoms with E-state index in [2.05, 4.69) is 0 Å². The quantitative estimate of drug-likeness (QED) is 0.850. The SMILES string of the molecule is COc1cccc(COC(C)C(=O)N2CCCC(C(C)N)C2)c1.Cl. The van der Waals surface area contributed by atoms with Crippen LogP contribution in [0.25, 0.3) is 0 Å². The lowest BCUT2D eigenvalue weighted by Gasteiger charge is -2.35. The van der Waals surface area contributed by atoms with Gasteiger partial charge in [-0.25, -0.2) is 0 Å². The average Bonchev–Trinajstić information content (AvgIpc) is 2.59. The predicted molar refractivity (Wildman–Crippen MR) is 97.4 cm³/mol. The number of amides is 1. The maximum absolute atomic E-state index is 12.5. The molecule has 1 heterocycles. The molecule has 136 valence electrons. The van der Waals surface area contributed by atoms with Gasteiger partial charge in [0, 0.05) is 19.1 Å². The van der Waals surface area contributed by atoms with Crippen LogP contribution in [0.4, 0.5) is 0 Å². The highest BCUT2D eigenvalue weighted by Gasteiger charge is 2.28. The molecular weight excluding hydrogens is 328 g/mol. The number of carbonyl (C=O) groups excluding carboxylic acids is 1. The van der Waals surface area contributed by atoms with E-state index in [0.29, 0.717) is 12.5 Å². The Morgan fingerprint density at radius 1 is 1.42 bits per heavy atom. The molecule has 1 aliphatic heterocycles. The van der Waals surface area contributed by atoms with Crippen molar-refractivity contribution in [3.05, 3.63) is 29.8 Å². The molecule has 5 nitrogen and oxygen atoms in total.